The van der Waals surface area contributed by atoms with E-state index in [-0.39, 0.29) is 12.3 Å². The van der Waals surface area contributed by atoms with Crippen molar-refractivity contribution < 1.29 is 4.74 Å². The number of halogens is 1. The summed E-state index contributed by atoms with van der Waals surface area (Å²) in [5, 5.41) is 6.16. The highest BCUT2D eigenvalue weighted by molar-refractivity contribution is 6.30. The Bertz CT molecular complexity index is 1520. The van der Waals surface area contributed by atoms with Crippen LogP contribution < -0.4 is 11.1 Å². The van der Waals surface area contributed by atoms with Crippen molar-refractivity contribution in [1.82, 2.24) is 19.5 Å². The second kappa shape index (κ2) is 9.76. The molecule has 0 amide bonds. The summed E-state index contributed by atoms with van der Waals surface area (Å²) in [5.74, 6) is 1.36. The first-order valence-electron chi connectivity index (χ1n) is 12.2. The number of ether oxygens (including phenoxy) is 1. The molecule has 0 spiro atoms. The first-order valence-corrected chi connectivity index (χ1v) is 12.6. The molecule has 1 aliphatic rings. The van der Waals surface area contributed by atoms with Crippen LogP contribution in [0.1, 0.15) is 36.6 Å². The number of nitrogens with zero attached hydrogens (tertiary/aromatic N) is 4. The highest BCUT2D eigenvalue weighted by atomic mass is 35.5. The fraction of sp³-hybridized carbons (Fsp3) is 0.250. The Labute approximate surface area is 214 Å². The maximum atomic E-state index is 6.39. The van der Waals surface area contributed by atoms with Crippen LogP contribution in [-0.4, -0.2) is 25.6 Å². The first-order chi connectivity index (χ1) is 17.6. The zero-order chi connectivity index (χ0) is 24.5. The van der Waals surface area contributed by atoms with E-state index in [9.17, 15) is 0 Å². The molecule has 0 saturated carbocycles. The third-order valence-corrected chi connectivity index (χ3v) is 7.09. The Morgan fingerprint density at radius 2 is 1.83 bits per heavy atom. The molecule has 6 rings (SSSR count). The number of hydrogen-bond acceptors (Lipinski definition) is 6. The number of nitrogens with two attached hydrogens (primary N) is 1. The Balaban J connectivity index is 1.09. The molecule has 2 atom stereocenters. The first kappa shape index (κ1) is 22.8. The Kier molecular flexibility index (Phi) is 6.17. The molecular weight excluding hydrogens is 472 g/mol. The monoisotopic (exact) mass is 498 g/mol. The van der Waals surface area contributed by atoms with Crippen molar-refractivity contribution in [3.63, 3.8) is 0 Å². The van der Waals surface area contributed by atoms with Crippen molar-refractivity contribution >= 4 is 45.2 Å². The predicted octanol–water partition coefficient (Wildman–Crippen LogP) is 6.14. The van der Waals surface area contributed by atoms with Crippen LogP contribution in [0.4, 0.5) is 11.6 Å². The van der Waals surface area contributed by atoms with Crippen LogP contribution in [0.3, 0.4) is 0 Å². The summed E-state index contributed by atoms with van der Waals surface area (Å²) in [7, 11) is 0. The van der Waals surface area contributed by atoms with Gasteiger partial charge in [-0.3, -0.25) is 0 Å². The zero-order valence-corrected chi connectivity index (χ0v) is 20.5. The molecule has 36 heavy (non-hydrogen) atoms. The normalized spacial score (nSPS) is 17.7. The van der Waals surface area contributed by atoms with Crippen molar-refractivity contribution in [3.8, 4) is 0 Å². The molecule has 7 nitrogen and oxygen atoms in total. The maximum Gasteiger partial charge on any atom is 0.147 e. The molecule has 0 radical (unpaired) electrons. The number of benzene rings is 2. The predicted molar refractivity (Wildman–Crippen MR) is 144 cm³/mol. The minimum atomic E-state index is -0.0191. The van der Waals surface area contributed by atoms with Gasteiger partial charge >= 0.3 is 0 Å². The molecule has 5 aromatic rings. The van der Waals surface area contributed by atoms with Gasteiger partial charge in [-0.15, -0.1) is 0 Å². The van der Waals surface area contributed by atoms with E-state index in [4.69, 9.17) is 27.1 Å². The van der Waals surface area contributed by atoms with Crippen LogP contribution in [0.5, 0.6) is 0 Å². The van der Waals surface area contributed by atoms with Crippen LogP contribution in [-0.2, 0) is 17.7 Å². The topological polar surface area (TPSA) is 90.9 Å². The third-order valence-electron chi connectivity index (χ3n) is 6.83. The number of rotatable bonds is 7. The summed E-state index contributed by atoms with van der Waals surface area (Å²) in [6.07, 6.45) is 7.59. The maximum absolute atomic E-state index is 6.39. The van der Waals surface area contributed by atoms with E-state index in [0.717, 1.165) is 64.0 Å². The van der Waals surface area contributed by atoms with Crippen LogP contribution in [0.15, 0.2) is 73.2 Å². The number of fused-ring (bicyclic) bond motifs is 2. The van der Waals surface area contributed by atoms with Crippen LogP contribution >= 0.6 is 11.6 Å². The zero-order valence-electron chi connectivity index (χ0n) is 19.8. The second-order valence-corrected chi connectivity index (χ2v) is 9.69. The molecule has 1 saturated heterocycles. The van der Waals surface area contributed by atoms with Gasteiger partial charge in [-0.2, -0.15) is 0 Å². The van der Waals surface area contributed by atoms with Crippen molar-refractivity contribution in [1.29, 1.82) is 0 Å². The number of aromatic nitrogens is 4. The van der Waals surface area contributed by atoms with Crippen molar-refractivity contribution in [2.45, 2.75) is 44.6 Å². The molecular formula is C28H27ClN6O. The standard InChI is InChI=1S/C28H27ClN6O/c29-21-7-2-19(3-8-21)16-31-25-11-6-20-5-1-18(15-24(20)34-25)4-9-22-10-12-26(36-22)35-14-13-23-27(30)32-17-33-28(23)35/h1-3,5-8,11,13-15,17,22,26H,4,9-10,12,16H2,(H,31,34)(H2,30,32,33)/t22-,26-/m1/s1. The quantitative estimate of drug-likeness (QED) is 0.280. The molecule has 2 aromatic carbocycles. The summed E-state index contributed by atoms with van der Waals surface area (Å²) in [5.41, 5.74) is 10.2. The van der Waals surface area contributed by atoms with E-state index >= 15 is 0 Å². The number of anilines is 2. The van der Waals surface area contributed by atoms with Gasteiger partial charge in [-0.1, -0.05) is 35.9 Å². The SMILES string of the molecule is Nc1ncnc2c1ccn2[C@H]1CC[C@@H](CCc2ccc3ccc(NCc4ccc(Cl)cc4)nc3c2)O1. The van der Waals surface area contributed by atoms with E-state index in [0.29, 0.717) is 12.4 Å². The van der Waals surface area contributed by atoms with Crippen LogP contribution in [0.2, 0.25) is 5.02 Å². The van der Waals surface area contributed by atoms with Gasteiger partial charge in [0.2, 0.25) is 0 Å². The van der Waals surface area contributed by atoms with Gasteiger partial charge in [0, 0.05) is 23.2 Å². The number of nitrogens with one attached hydrogen (secondary N) is 1. The van der Waals surface area contributed by atoms with Gasteiger partial charge in [0.25, 0.3) is 0 Å². The van der Waals surface area contributed by atoms with E-state index < -0.39 is 0 Å². The van der Waals surface area contributed by atoms with E-state index in [2.05, 4.69) is 44.1 Å². The van der Waals surface area contributed by atoms with Crippen molar-refractivity contribution in [3.05, 3.63) is 89.3 Å². The highest BCUT2D eigenvalue weighted by Gasteiger charge is 2.27. The average Bonchev–Trinajstić information content (AvgIpc) is 3.55. The fourth-order valence-corrected chi connectivity index (χ4v) is 4.99. The minimum Gasteiger partial charge on any atom is -0.383 e. The van der Waals surface area contributed by atoms with Gasteiger partial charge < -0.3 is 20.4 Å². The van der Waals surface area contributed by atoms with Gasteiger partial charge in [0.05, 0.1) is 17.0 Å². The summed E-state index contributed by atoms with van der Waals surface area (Å²) < 4.78 is 8.47. The molecule has 1 fully saturated rings. The molecule has 3 aromatic heterocycles. The molecule has 1 aliphatic heterocycles. The summed E-state index contributed by atoms with van der Waals surface area (Å²) >= 11 is 5.98. The molecule has 4 heterocycles. The molecule has 0 bridgehead atoms. The smallest absolute Gasteiger partial charge is 0.147 e. The van der Waals surface area contributed by atoms with E-state index in [1.54, 1.807) is 0 Å². The number of aryl methyl sites for hydroxylation is 1. The molecule has 0 aliphatic carbocycles. The van der Waals surface area contributed by atoms with Crippen LogP contribution in [0, 0.1) is 0 Å². The lowest BCUT2D eigenvalue weighted by Crippen LogP contribution is -2.12. The Hall–Kier alpha value is -3.68. The Morgan fingerprint density at radius 3 is 2.72 bits per heavy atom. The van der Waals surface area contributed by atoms with Crippen molar-refractivity contribution in [2.24, 2.45) is 0 Å². The van der Waals surface area contributed by atoms with Gasteiger partial charge in [-0.05, 0) is 73.2 Å². The largest absolute Gasteiger partial charge is 0.383 e. The van der Waals surface area contributed by atoms with Gasteiger partial charge in [0.1, 0.15) is 29.8 Å². The van der Waals surface area contributed by atoms with E-state index in [1.165, 1.54) is 11.9 Å². The Morgan fingerprint density at radius 1 is 1.00 bits per heavy atom. The van der Waals surface area contributed by atoms with Crippen molar-refractivity contribution in [2.75, 3.05) is 11.1 Å². The summed E-state index contributed by atoms with van der Waals surface area (Å²) in [6.45, 7) is 0.699. The van der Waals surface area contributed by atoms with Gasteiger partial charge in [0.15, 0.2) is 0 Å². The number of pyridine rings is 1. The van der Waals surface area contributed by atoms with Crippen LogP contribution in [0.25, 0.3) is 21.9 Å². The molecule has 8 heteroatoms. The lowest BCUT2D eigenvalue weighted by Gasteiger charge is -2.16. The lowest BCUT2D eigenvalue weighted by molar-refractivity contribution is 0.00120. The lowest BCUT2D eigenvalue weighted by atomic mass is 10.0. The van der Waals surface area contributed by atoms with Gasteiger partial charge in [-0.25, -0.2) is 15.0 Å². The highest BCUT2D eigenvalue weighted by Crippen LogP contribution is 2.33. The fourth-order valence-electron chi connectivity index (χ4n) is 4.87. The molecule has 3 N–H and O–H groups in total. The average molecular weight is 499 g/mol. The second-order valence-electron chi connectivity index (χ2n) is 9.25. The number of nitrogen functional groups attached to an aromatic ring is 1. The number of hydrogen-bond donors (Lipinski definition) is 2. The third kappa shape index (κ3) is 4.72. The summed E-state index contributed by atoms with van der Waals surface area (Å²) in [4.78, 5) is 13.3. The molecule has 0 unspecified atom stereocenters. The van der Waals surface area contributed by atoms with E-state index in [1.807, 2.05) is 42.6 Å². The molecule has 182 valence electrons. The minimum absolute atomic E-state index is 0.0191. The summed E-state index contributed by atoms with van der Waals surface area (Å²) in [6, 6.07) is 20.5.